The van der Waals surface area contributed by atoms with E-state index in [9.17, 15) is 14.7 Å². The molecule has 0 radical (unpaired) electrons. The molecule has 40 heavy (non-hydrogen) atoms. The lowest BCUT2D eigenvalue weighted by Crippen LogP contribution is -2.57. The molecule has 0 bridgehead atoms. The average Bonchev–Trinajstić information content (AvgIpc) is 3.50. The summed E-state index contributed by atoms with van der Waals surface area (Å²) < 4.78 is 15.0. The fourth-order valence-electron chi connectivity index (χ4n) is 6.48. The number of imidazole rings is 1. The molecule has 5 heterocycles. The molecule has 0 saturated carbocycles. The number of anilines is 1. The van der Waals surface area contributed by atoms with Crippen molar-refractivity contribution in [2.45, 2.75) is 83.4 Å². The molecule has 2 aromatic rings. The van der Waals surface area contributed by atoms with Gasteiger partial charge in [0.2, 0.25) is 0 Å². The molecular weight excluding hydrogens is 534 g/mol. The van der Waals surface area contributed by atoms with Gasteiger partial charge in [0.05, 0.1) is 17.8 Å². The summed E-state index contributed by atoms with van der Waals surface area (Å²) in [5.41, 5.74) is 6.43. The van der Waals surface area contributed by atoms with Gasteiger partial charge in [0.15, 0.2) is 23.8 Å². The lowest BCUT2D eigenvalue weighted by Gasteiger charge is -2.48. The lowest BCUT2D eigenvalue weighted by atomic mass is 9.82. The van der Waals surface area contributed by atoms with E-state index in [1.165, 1.54) is 11.2 Å². The van der Waals surface area contributed by atoms with E-state index < -0.39 is 23.8 Å². The first-order valence-corrected chi connectivity index (χ1v) is 15.5. The Hall–Kier alpha value is -2.64. The molecule has 3 aliphatic rings. The van der Waals surface area contributed by atoms with Crippen LogP contribution in [-0.4, -0.2) is 102 Å². The number of fused-ring (bicyclic) bond motifs is 1. The van der Waals surface area contributed by atoms with Crippen molar-refractivity contribution in [3.63, 3.8) is 0 Å². The van der Waals surface area contributed by atoms with Gasteiger partial charge in [-0.3, -0.25) is 14.3 Å². The zero-order valence-corrected chi connectivity index (χ0v) is 24.5. The third-order valence-corrected chi connectivity index (χ3v) is 9.15. The molecule has 3 N–H and O–H groups in total. The van der Waals surface area contributed by atoms with Crippen LogP contribution in [0.25, 0.3) is 11.2 Å². The van der Waals surface area contributed by atoms with Crippen LogP contribution in [0.1, 0.15) is 59.1 Å². The molecule has 3 saturated heterocycles. The number of piperidine rings is 2. The van der Waals surface area contributed by atoms with E-state index >= 15 is 0 Å². The zero-order valence-electron chi connectivity index (χ0n) is 23.7. The van der Waals surface area contributed by atoms with Gasteiger partial charge in [-0.1, -0.05) is 6.42 Å². The Morgan fingerprint density at radius 3 is 2.58 bits per heavy atom. The predicted molar refractivity (Wildman–Crippen MR) is 152 cm³/mol. The Morgan fingerprint density at radius 2 is 1.90 bits per heavy atom. The van der Waals surface area contributed by atoms with Gasteiger partial charge in [0, 0.05) is 36.8 Å². The molecule has 3 aliphatic heterocycles. The zero-order chi connectivity index (χ0) is 28.6. The van der Waals surface area contributed by atoms with Gasteiger partial charge in [0.1, 0.15) is 11.8 Å². The second-order valence-electron chi connectivity index (χ2n) is 12.1. The van der Waals surface area contributed by atoms with E-state index in [0.29, 0.717) is 24.3 Å². The summed E-state index contributed by atoms with van der Waals surface area (Å²) in [7, 11) is 0. The third kappa shape index (κ3) is 5.60. The van der Waals surface area contributed by atoms with Crippen LogP contribution in [0, 0.1) is 11.3 Å². The minimum atomic E-state index is -0.855. The van der Waals surface area contributed by atoms with Gasteiger partial charge >= 0.3 is 12.1 Å². The number of rotatable bonds is 6. The first kappa shape index (κ1) is 28.9. The first-order valence-electron chi connectivity index (χ1n) is 14.1. The number of nitrogen functional groups attached to an aromatic ring is 1. The van der Waals surface area contributed by atoms with Crippen molar-refractivity contribution in [3.05, 3.63) is 12.7 Å². The van der Waals surface area contributed by atoms with Gasteiger partial charge in [-0.05, 0) is 59.3 Å². The van der Waals surface area contributed by atoms with Crippen molar-refractivity contribution in [2.24, 2.45) is 11.3 Å². The molecule has 0 aliphatic carbocycles. The number of nitrogens with two attached hydrogens (primary N) is 1. The second kappa shape index (κ2) is 11.7. The minimum Gasteiger partial charge on any atom is -0.465 e. The summed E-state index contributed by atoms with van der Waals surface area (Å²) in [5, 5.41) is 9.47. The highest BCUT2D eigenvalue weighted by Gasteiger charge is 2.54. The summed E-state index contributed by atoms with van der Waals surface area (Å²) in [5.74, 6) is 0.666. The van der Waals surface area contributed by atoms with E-state index in [0.717, 1.165) is 44.4 Å². The van der Waals surface area contributed by atoms with Gasteiger partial charge in [-0.15, -0.1) is 0 Å². The molecule has 2 aromatic heterocycles. The standard InChI is InChI=1S/C27H41N7O5S/c1-27(2,3)25(35)39-21-19(17-7-5-6-10-33(17)16-8-11-32(12-9-16)26(36)37)18(13-40-4)38-24(21)34-15-31-20-22(28)29-14-30-23(20)34/h14-19,21,24H,5-13H2,1-4H3,(H,36,37)(H2,28,29,30)/t17-,18?,19?,21?,24?/m0/s1. The molecule has 4 unspecified atom stereocenters. The van der Waals surface area contributed by atoms with E-state index in [1.807, 2.05) is 25.3 Å². The molecule has 5 rings (SSSR count). The molecule has 13 heteroatoms. The summed E-state index contributed by atoms with van der Waals surface area (Å²) in [6.07, 6.45) is 7.64. The SMILES string of the molecule is CSCC1OC(n2cnc3c(N)ncnc32)C(OC(=O)C(C)(C)C)C1[C@@H]1CCCCN1C1CCN(C(=O)O)CC1. The van der Waals surface area contributed by atoms with Gasteiger partial charge in [-0.25, -0.2) is 19.7 Å². The number of likely N-dealkylation sites (tertiary alicyclic amines) is 2. The van der Waals surface area contributed by atoms with Crippen molar-refractivity contribution >= 4 is 40.8 Å². The minimum absolute atomic E-state index is 0.0850. The number of carboxylic acid groups (broad SMARTS) is 1. The van der Waals surface area contributed by atoms with Crippen molar-refractivity contribution in [3.8, 4) is 0 Å². The van der Waals surface area contributed by atoms with Crippen molar-refractivity contribution in [1.29, 1.82) is 0 Å². The van der Waals surface area contributed by atoms with Gasteiger partial charge in [0.25, 0.3) is 0 Å². The topological polar surface area (TPSA) is 149 Å². The number of ether oxygens (including phenoxy) is 2. The number of aromatic nitrogens is 4. The van der Waals surface area contributed by atoms with Crippen molar-refractivity contribution in [1.82, 2.24) is 29.3 Å². The molecule has 220 valence electrons. The number of nitrogens with zero attached hydrogens (tertiary/aromatic N) is 6. The number of hydrogen-bond acceptors (Lipinski definition) is 10. The number of carbonyl (C=O) groups excluding carboxylic acids is 1. The Balaban J connectivity index is 1.52. The van der Waals surface area contributed by atoms with Crippen LogP contribution >= 0.6 is 11.8 Å². The quantitative estimate of drug-likeness (QED) is 0.489. The fourth-order valence-corrected chi connectivity index (χ4v) is 7.11. The maximum absolute atomic E-state index is 13.4. The molecule has 0 spiro atoms. The highest BCUT2D eigenvalue weighted by Crippen LogP contribution is 2.45. The molecule has 5 atom stereocenters. The molecule has 1 amide bonds. The van der Waals surface area contributed by atoms with Crippen LogP contribution in [0.15, 0.2) is 12.7 Å². The highest BCUT2D eigenvalue weighted by molar-refractivity contribution is 7.98. The monoisotopic (exact) mass is 575 g/mol. The van der Waals surface area contributed by atoms with Crippen LogP contribution in [0.5, 0.6) is 0 Å². The van der Waals surface area contributed by atoms with Crippen LogP contribution in [0.3, 0.4) is 0 Å². The third-order valence-electron chi connectivity index (χ3n) is 8.49. The Kier molecular flexibility index (Phi) is 8.44. The molecule has 12 nitrogen and oxygen atoms in total. The smallest absolute Gasteiger partial charge is 0.407 e. The normalized spacial score (nSPS) is 28.7. The Labute approximate surface area is 239 Å². The summed E-state index contributed by atoms with van der Waals surface area (Å²) in [6, 6.07) is 0.403. The summed E-state index contributed by atoms with van der Waals surface area (Å²) in [6.45, 7) is 7.58. The number of thioether (sulfide) groups is 1. The summed E-state index contributed by atoms with van der Waals surface area (Å²) >= 11 is 1.71. The number of esters is 1. The lowest BCUT2D eigenvalue weighted by molar-refractivity contribution is -0.167. The van der Waals surface area contributed by atoms with E-state index in [4.69, 9.17) is 15.2 Å². The van der Waals surface area contributed by atoms with Gasteiger partial charge in [-0.2, -0.15) is 11.8 Å². The maximum Gasteiger partial charge on any atom is 0.407 e. The van der Waals surface area contributed by atoms with Crippen LogP contribution < -0.4 is 5.73 Å². The second-order valence-corrected chi connectivity index (χ2v) is 13.0. The number of hydrogen-bond donors (Lipinski definition) is 2. The fraction of sp³-hybridized carbons (Fsp3) is 0.741. The molecule has 3 fully saturated rings. The average molecular weight is 576 g/mol. The maximum atomic E-state index is 13.4. The number of carbonyl (C=O) groups is 2. The van der Waals surface area contributed by atoms with Crippen LogP contribution in [0.4, 0.5) is 10.6 Å². The van der Waals surface area contributed by atoms with E-state index in [2.05, 4.69) is 26.1 Å². The Morgan fingerprint density at radius 1 is 1.15 bits per heavy atom. The predicted octanol–water partition coefficient (Wildman–Crippen LogP) is 3.24. The van der Waals surface area contributed by atoms with Gasteiger partial charge < -0.3 is 25.2 Å². The van der Waals surface area contributed by atoms with Crippen LogP contribution in [-0.2, 0) is 14.3 Å². The Bertz CT molecular complexity index is 1210. The molecular formula is C27H41N7O5S. The molecule has 0 aromatic carbocycles. The van der Waals surface area contributed by atoms with Crippen LogP contribution in [0.2, 0.25) is 0 Å². The van der Waals surface area contributed by atoms with Crippen molar-refractivity contribution in [2.75, 3.05) is 37.4 Å². The highest BCUT2D eigenvalue weighted by atomic mass is 32.2. The summed E-state index contributed by atoms with van der Waals surface area (Å²) in [4.78, 5) is 42.0. The largest absolute Gasteiger partial charge is 0.465 e. The van der Waals surface area contributed by atoms with E-state index in [-0.39, 0.29) is 35.9 Å². The number of amides is 1. The van der Waals surface area contributed by atoms with E-state index in [1.54, 1.807) is 18.1 Å². The first-order chi connectivity index (χ1) is 19.1. The van der Waals surface area contributed by atoms with Crippen molar-refractivity contribution < 1.29 is 24.2 Å².